The van der Waals surface area contributed by atoms with E-state index in [0.29, 0.717) is 22.9 Å². The molecule has 6 atom stereocenters. The van der Waals surface area contributed by atoms with Crippen LogP contribution < -0.4 is 15.0 Å². The lowest BCUT2D eigenvalue weighted by atomic mass is 9.90. The second-order valence-corrected chi connectivity index (χ2v) is 10.7. The number of alkyl carbamates (subject to hydrolysis) is 1. The molecule has 208 valence electrons. The highest BCUT2D eigenvalue weighted by atomic mass is 35.5. The monoisotopic (exact) mass is 550 g/mol. The van der Waals surface area contributed by atoms with Crippen molar-refractivity contribution in [2.24, 2.45) is 0 Å². The fraction of sp³-hybridized carbons (Fsp3) is 0.556. The van der Waals surface area contributed by atoms with Crippen molar-refractivity contribution in [3.05, 3.63) is 46.5 Å². The van der Waals surface area contributed by atoms with Gasteiger partial charge in [0.1, 0.15) is 28.6 Å². The zero-order valence-electron chi connectivity index (χ0n) is 22.2. The van der Waals surface area contributed by atoms with E-state index in [4.69, 9.17) is 30.5 Å². The molecule has 38 heavy (non-hydrogen) atoms. The number of ether oxygens (including phenoxy) is 4. The number of nitrogens with one attached hydrogen (secondary N) is 1. The number of hydrogen-bond acceptors (Lipinski definition) is 8. The third kappa shape index (κ3) is 5.69. The normalized spacial score (nSPS) is 36.3. The Labute approximate surface area is 227 Å². The third-order valence-electron chi connectivity index (χ3n) is 7.53. The SMILES string of the molecule is COc1cc2cc(c1Cl)N(C)C(=O)CC(O)C1(C)OC1CC1C[C@@](O)(NC(=O)O1)C(OC)/C=C/C=C(\C)C2. The molecule has 0 aromatic heterocycles. The number of methoxy groups -OCH3 is 2. The molecule has 4 rings (SSSR count). The lowest BCUT2D eigenvalue weighted by Gasteiger charge is -2.40. The number of fused-ring (bicyclic) bond motifs is 5. The van der Waals surface area contributed by atoms with Crippen molar-refractivity contribution < 1.29 is 38.7 Å². The van der Waals surface area contributed by atoms with Crippen LogP contribution in [0, 0.1) is 0 Å². The van der Waals surface area contributed by atoms with Gasteiger partial charge in [-0.2, -0.15) is 0 Å². The van der Waals surface area contributed by atoms with Crippen molar-refractivity contribution in [2.75, 3.05) is 26.2 Å². The van der Waals surface area contributed by atoms with E-state index in [-0.39, 0.29) is 25.2 Å². The first-order valence-electron chi connectivity index (χ1n) is 12.5. The molecule has 2 saturated heterocycles. The highest BCUT2D eigenvalue weighted by Gasteiger charge is 2.59. The fourth-order valence-corrected chi connectivity index (χ4v) is 5.42. The molecule has 0 aliphatic carbocycles. The molecule has 3 aliphatic rings. The number of hydrogen-bond donors (Lipinski definition) is 3. The van der Waals surface area contributed by atoms with Crippen LogP contribution in [0.2, 0.25) is 5.02 Å². The number of anilines is 1. The van der Waals surface area contributed by atoms with Crippen LogP contribution in [0.5, 0.6) is 5.75 Å². The number of carbonyl (C=O) groups excluding carboxylic acids is 2. The molecular formula is C27H35ClN2O8. The summed E-state index contributed by atoms with van der Waals surface area (Å²) in [6.45, 7) is 3.65. The number of benzene rings is 1. The van der Waals surface area contributed by atoms with Gasteiger partial charge in [-0.25, -0.2) is 4.79 Å². The third-order valence-corrected chi connectivity index (χ3v) is 7.91. The predicted octanol–water partition coefficient (Wildman–Crippen LogP) is 2.87. The first-order valence-corrected chi connectivity index (χ1v) is 12.8. The van der Waals surface area contributed by atoms with Crippen LogP contribution in [0.15, 0.2) is 35.9 Å². The summed E-state index contributed by atoms with van der Waals surface area (Å²) in [6, 6.07) is 3.63. The minimum absolute atomic E-state index is 0.0438. The van der Waals surface area contributed by atoms with E-state index in [1.165, 1.54) is 19.1 Å². The molecule has 3 heterocycles. The Kier molecular flexibility index (Phi) is 8.11. The highest BCUT2D eigenvalue weighted by Crippen LogP contribution is 2.45. The van der Waals surface area contributed by atoms with Crippen LogP contribution in [-0.4, -0.2) is 79.2 Å². The average molecular weight is 551 g/mol. The van der Waals surface area contributed by atoms with Crippen molar-refractivity contribution in [3.8, 4) is 5.75 Å². The van der Waals surface area contributed by atoms with Gasteiger partial charge < -0.3 is 34.1 Å². The van der Waals surface area contributed by atoms with Gasteiger partial charge in [-0.1, -0.05) is 35.4 Å². The Bertz CT molecular complexity index is 1160. The average Bonchev–Trinajstić information content (AvgIpc) is 3.51. The van der Waals surface area contributed by atoms with Crippen LogP contribution in [0.3, 0.4) is 0 Å². The smallest absolute Gasteiger partial charge is 0.409 e. The number of carbonyl (C=O) groups is 2. The number of aliphatic hydroxyl groups is 2. The number of allylic oxidation sites excluding steroid dienone is 3. The molecule has 0 radical (unpaired) electrons. The molecule has 5 unspecified atom stereocenters. The quantitative estimate of drug-likeness (QED) is 0.479. The Hall–Kier alpha value is -2.63. The van der Waals surface area contributed by atoms with E-state index >= 15 is 0 Å². The van der Waals surface area contributed by atoms with Gasteiger partial charge in [-0.15, -0.1) is 0 Å². The standard InChI is InChI=1S/C27H35ClN2O8/c1-15-7-6-8-21(36-5)27(34)14-17(37-25(33)29-27)12-22-26(2,38-22)20(31)13-23(32)30(3)18-10-16(9-15)11-19(35-4)24(18)28/h6-8,10-11,17,20-22,31,34H,9,12-14H2,1-5H3,(H,29,33)/b8-6+,15-7+/t17?,20?,21?,22?,26?,27-/m0/s1. The molecule has 2 amide bonds. The van der Waals surface area contributed by atoms with Crippen molar-refractivity contribution >= 4 is 29.3 Å². The number of amides is 2. The Morgan fingerprint density at radius 2 is 2.00 bits per heavy atom. The molecule has 2 fully saturated rings. The Morgan fingerprint density at radius 3 is 2.68 bits per heavy atom. The summed E-state index contributed by atoms with van der Waals surface area (Å²) in [4.78, 5) is 26.9. The topological polar surface area (TPSA) is 130 Å². The predicted molar refractivity (Wildman–Crippen MR) is 140 cm³/mol. The maximum Gasteiger partial charge on any atom is 0.409 e. The van der Waals surface area contributed by atoms with Crippen molar-refractivity contribution in [2.45, 2.75) is 75.3 Å². The molecule has 0 spiro atoms. The summed E-state index contributed by atoms with van der Waals surface area (Å²) in [5.74, 6) is 0.0728. The summed E-state index contributed by atoms with van der Waals surface area (Å²) in [5.41, 5.74) is -0.428. The number of nitrogens with zero attached hydrogens (tertiary/aromatic N) is 1. The summed E-state index contributed by atoms with van der Waals surface area (Å²) in [7, 11) is 4.55. The summed E-state index contributed by atoms with van der Waals surface area (Å²) in [5, 5.41) is 25.0. The molecule has 1 aromatic carbocycles. The van der Waals surface area contributed by atoms with E-state index in [2.05, 4.69) is 5.32 Å². The molecule has 3 N–H and O–H groups in total. The first-order chi connectivity index (χ1) is 17.9. The molecule has 3 aliphatic heterocycles. The van der Waals surface area contributed by atoms with Gasteiger partial charge in [-0.3, -0.25) is 10.1 Å². The van der Waals surface area contributed by atoms with Gasteiger partial charge in [0.2, 0.25) is 5.91 Å². The molecule has 10 nitrogen and oxygen atoms in total. The molecule has 0 saturated carbocycles. The zero-order valence-corrected chi connectivity index (χ0v) is 22.9. The van der Waals surface area contributed by atoms with E-state index < -0.39 is 41.8 Å². The van der Waals surface area contributed by atoms with Crippen LogP contribution >= 0.6 is 11.6 Å². The van der Waals surface area contributed by atoms with Crippen molar-refractivity contribution in [3.63, 3.8) is 0 Å². The van der Waals surface area contributed by atoms with E-state index in [0.717, 1.165) is 11.1 Å². The second kappa shape index (κ2) is 10.9. The number of rotatable bonds is 2. The maximum atomic E-state index is 13.2. The Morgan fingerprint density at radius 1 is 1.26 bits per heavy atom. The van der Waals surface area contributed by atoms with Gasteiger partial charge in [0.05, 0.1) is 31.4 Å². The lowest BCUT2D eigenvalue weighted by molar-refractivity contribution is -0.135. The van der Waals surface area contributed by atoms with Crippen LogP contribution in [-0.2, 0) is 25.4 Å². The number of epoxide rings is 1. The first kappa shape index (κ1) is 28.4. The van der Waals surface area contributed by atoms with Gasteiger partial charge in [0.25, 0.3) is 0 Å². The van der Waals surface area contributed by atoms with Gasteiger partial charge in [0.15, 0.2) is 5.72 Å². The highest BCUT2D eigenvalue weighted by molar-refractivity contribution is 6.35. The summed E-state index contributed by atoms with van der Waals surface area (Å²) < 4.78 is 22.2. The van der Waals surface area contributed by atoms with Crippen LogP contribution in [0.4, 0.5) is 10.5 Å². The number of aliphatic hydroxyl groups excluding tert-OH is 1. The lowest BCUT2D eigenvalue weighted by Crippen LogP contribution is -2.62. The minimum Gasteiger partial charge on any atom is -0.495 e. The maximum absolute atomic E-state index is 13.2. The molecular weight excluding hydrogens is 516 g/mol. The van der Waals surface area contributed by atoms with E-state index in [1.807, 2.05) is 25.1 Å². The largest absolute Gasteiger partial charge is 0.495 e. The molecule has 11 heteroatoms. The van der Waals surface area contributed by atoms with E-state index in [1.54, 1.807) is 26.1 Å². The van der Waals surface area contributed by atoms with Gasteiger partial charge in [-0.05, 0) is 38.0 Å². The van der Waals surface area contributed by atoms with Crippen LogP contribution in [0.1, 0.15) is 38.7 Å². The zero-order chi connectivity index (χ0) is 27.8. The minimum atomic E-state index is -1.71. The second-order valence-electron chi connectivity index (χ2n) is 10.3. The number of halogens is 1. The van der Waals surface area contributed by atoms with Gasteiger partial charge in [0, 0.05) is 27.0 Å². The Balaban J connectivity index is 1.72. The van der Waals surface area contributed by atoms with Crippen molar-refractivity contribution in [1.29, 1.82) is 0 Å². The summed E-state index contributed by atoms with van der Waals surface area (Å²) >= 11 is 6.56. The van der Waals surface area contributed by atoms with Crippen LogP contribution in [0.25, 0.3) is 0 Å². The van der Waals surface area contributed by atoms with E-state index in [9.17, 15) is 19.8 Å². The summed E-state index contributed by atoms with van der Waals surface area (Å²) in [6.07, 6.45) is 1.97. The van der Waals surface area contributed by atoms with Gasteiger partial charge >= 0.3 is 6.09 Å². The molecule has 4 bridgehead atoms. The fourth-order valence-electron chi connectivity index (χ4n) is 5.11. The molecule has 1 aromatic rings. The van der Waals surface area contributed by atoms with Crippen molar-refractivity contribution in [1.82, 2.24) is 5.32 Å².